The predicted octanol–water partition coefficient (Wildman–Crippen LogP) is 2.91. The van der Waals surface area contributed by atoms with Crippen molar-refractivity contribution in [1.29, 1.82) is 0 Å². The number of carbonyl (C=O) groups excluding carboxylic acids is 1. The maximum Gasteiger partial charge on any atom is 0.517 e. The highest BCUT2D eigenvalue weighted by molar-refractivity contribution is 14.2. The summed E-state index contributed by atoms with van der Waals surface area (Å²) in [7, 11) is 0.843. The molecule has 3 rings (SSSR count). The first-order chi connectivity index (χ1) is 11.2. The summed E-state index contributed by atoms with van der Waals surface area (Å²) in [5, 5.41) is 5.59. The molecule has 1 atom stereocenters. The van der Waals surface area contributed by atoms with E-state index in [0.717, 1.165) is 16.5 Å². The molecular formula is C15H19BIN2O4P. The van der Waals surface area contributed by atoms with Crippen molar-refractivity contribution in [3.63, 3.8) is 0 Å². The van der Waals surface area contributed by atoms with Crippen LogP contribution in [0, 0.1) is 0 Å². The fraction of sp³-hybridized carbons (Fsp3) is 0.467. The summed E-state index contributed by atoms with van der Waals surface area (Å²) in [6, 6.07) is 5.42. The van der Waals surface area contributed by atoms with Gasteiger partial charge in [-0.2, -0.15) is 5.10 Å². The topological polar surface area (TPSA) is 62.6 Å². The molecule has 0 bridgehead atoms. The lowest BCUT2D eigenvalue weighted by atomic mass is 9.82. The molecule has 6 nitrogen and oxygen atoms in total. The van der Waals surface area contributed by atoms with Crippen LogP contribution in [0.5, 0.6) is 0 Å². The van der Waals surface area contributed by atoms with Crippen molar-refractivity contribution in [3.05, 3.63) is 23.8 Å². The minimum Gasteiger partial charge on any atom is -0.465 e. The summed E-state index contributed by atoms with van der Waals surface area (Å²) >= 11 is 2.26. The molecule has 1 aliphatic heterocycles. The van der Waals surface area contributed by atoms with E-state index >= 15 is 0 Å². The molecule has 2 heterocycles. The smallest absolute Gasteiger partial charge is 0.465 e. The second-order valence-electron chi connectivity index (χ2n) is 6.69. The summed E-state index contributed by atoms with van der Waals surface area (Å²) in [5.74, 6) is -0.362. The number of fused-ring (bicyclic) bond motifs is 1. The highest BCUT2D eigenvalue weighted by atomic mass is 127. The Morgan fingerprint density at radius 2 is 1.92 bits per heavy atom. The Morgan fingerprint density at radius 3 is 2.46 bits per heavy atom. The average molecular weight is 460 g/mol. The lowest BCUT2D eigenvalue weighted by molar-refractivity contribution is 0.00578. The fourth-order valence-corrected chi connectivity index (χ4v) is 4.10. The number of benzene rings is 1. The number of esters is 1. The van der Waals surface area contributed by atoms with Gasteiger partial charge in [0, 0.05) is 5.39 Å². The van der Waals surface area contributed by atoms with Gasteiger partial charge in [0.05, 0.1) is 35.8 Å². The van der Waals surface area contributed by atoms with Crippen LogP contribution in [0.25, 0.3) is 10.9 Å². The van der Waals surface area contributed by atoms with E-state index in [1.807, 2.05) is 38.2 Å². The van der Waals surface area contributed by atoms with Crippen LogP contribution in [0.3, 0.4) is 0 Å². The largest absolute Gasteiger partial charge is 0.517 e. The van der Waals surface area contributed by atoms with E-state index in [1.54, 1.807) is 12.1 Å². The molecule has 0 N–H and O–H groups in total. The SMILES string of the molecule is COC(=O)c1ccc2c(B3OC(C)(C)C(C)(C)O3)nn(PI)c2c1. The van der Waals surface area contributed by atoms with Gasteiger partial charge in [-0.1, -0.05) is 6.07 Å². The van der Waals surface area contributed by atoms with Crippen LogP contribution in [0.2, 0.25) is 0 Å². The number of aromatic nitrogens is 2. The van der Waals surface area contributed by atoms with Gasteiger partial charge in [0.15, 0.2) is 0 Å². The van der Waals surface area contributed by atoms with Gasteiger partial charge < -0.3 is 14.0 Å². The molecule has 1 aliphatic rings. The number of rotatable bonds is 3. The third-order valence-electron chi connectivity index (χ3n) is 4.69. The molecule has 24 heavy (non-hydrogen) atoms. The first-order valence-electron chi connectivity index (χ1n) is 7.53. The van der Waals surface area contributed by atoms with Gasteiger partial charge in [0.25, 0.3) is 0 Å². The maximum atomic E-state index is 11.8. The van der Waals surface area contributed by atoms with Crippen LogP contribution in [0.4, 0.5) is 0 Å². The zero-order valence-corrected chi connectivity index (χ0v) is 17.4. The summed E-state index contributed by atoms with van der Waals surface area (Å²) in [6.45, 7) is 8.06. The second kappa shape index (κ2) is 6.23. The minimum absolute atomic E-state index is 0.362. The van der Waals surface area contributed by atoms with E-state index < -0.39 is 18.3 Å². The third kappa shape index (κ3) is 2.87. The van der Waals surface area contributed by atoms with Gasteiger partial charge in [0.2, 0.25) is 0 Å². The Labute approximate surface area is 156 Å². The Hall–Kier alpha value is -0.695. The van der Waals surface area contributed by atoms with E-state index in [1.165, 1.54) is 7.11 Å². The normalized spacial score (nSPS) is 19.5. The van der Waals surface area contributed by atoms with Gasteiger partial charge in [-0.25, -0.2) is 9.25 Å². The van der Waals surface area contributed by atoms with Gasteiger partial charge in [-0.05, 0) is 61.9 Å². The zero-order chi connectivity index (χ0) is 17.7. The third-order valence-corrected chi connectivity index (χ3v) is 6.56. The summed E-state index contributed by atoms with van der Waals surface area (Å²) in [6.07, 6.45) is 0.396. The lowest BCUT2D eigenvalue weighted by Gasteiger charge is -2.32. The zero-order valence-electron chi connectivity index (χ0n) is 14.2. The Balaban J connectivity index is 2.09. The van der Waals surface area contributed by atoms with Crippen molar-refractivity contribution < 1.29 is 18.8 Å². The highest BCUT2D eigenvalue weighted by Gasteiger charge is 2.53. The van der Waals surface area contributed by atoms with Crippen molar-refractivity contribution in [2.24, 2.45) is 0 Å². The molecule has 2 aromatic rings. The van der Waals surface area contributed by atoms with E-state index in [9.17, 15) is 4.79 Å². The first kappa shape index (κ1) is 18.1. The van der Waals surface area contributed by atoms with Crippen molar-refractivity contribution in [3.8, 4) is 0 Å². The van der Waals surface area contributed by atoms with Crippen LogP contribution < -0.4 is 5.59 Å². The number of hydrogen-bond donors (Lipinski definition) is 0. The Bertz CT molecular complexity index is 792. The van der Waals surface area contributed by atoms with E-state index in [4.69, 9.17) is 14.0 Å². The Kier molecular flexibility index (Phi) is 4.70. The minimum atomic E-state index is -0.532. The predicted molar refractivity (Wildman–Crippen MR) is 105 cm³/mol. The number of methoxy groups -OCH3 is 1. The summed E-state index contributed by atoms with van der Waals surface area (Å²) in [5.41, 5.74) is 1.26. The molecule has 1 aromatic carbocycles. The van der Waals surface area contributed by atoms with Crippen molar-refractivity contribution in [2.75, 3.05) is 7.11 Å². The number of nitrogens with zero attached hydrogens (tertiary/aromatic N) is 2. The average Bonchev–Trinajstić information content (AvgIpc) is 3.00. The maximum absolute atomic E-state index is 11.8. The second-order valence-corrected chi connectivity index (χ2v) is 8.73. The van der Waals surface area contributed by atoms with Gasteiger partial charge >= 0.3 is 13.1 Å². The molecule has 0 aliphatic carbocycles. The molecule has 1 aromatic heterocycles. The molecular weight excluding hydrogens is 441 g/mol. The molecule has 9 heteroatoms. The first-order valence-corrected chi connectivity index (χ1v) is 11.6. The van der Waals surface area contributed by atoms with Gasteiger partial charge in [-0.15, -0.1) is 0 Å². The highest BCUT2D eigenvalue weighted by Crippen LogP contribution is 2.37. The molecule has 1 fully saturated rings. The van der Waals surface area contributed by atoms with Crippen LogP contribution in [0.1, 0.15) is 38.1 Å². The van der Waals surface area contributed by atoms with Gasteiger partial charge in [-0.3, -0.25) is 0 Å². The van der Waals surface area contributed by atoms with Crippen molar-refractivity contribution in [1.82, 2.24) is 9.55 Å². The monoisotopic (exact) mass is 460 g/mol. The molecule has 0 amide bonds. The van der Waals surface area contributed by atoms with Crippen LogP contribution in [0.15, 0.2) is 18.2 Å². The molecule has 0 saturated carbocycles. The number of carbonyl (C=O) groups is 1. The summed E-state index contributed by atoms with van der Waals surface area (Å²) in [4.78, 5) is 11.8. The number of ether oxygens (including phenoxy) is 1. The van der Waals surface area contributed by atoms with E-state index in [-0.39, 0.29) is 5.97 Å². The molecule has 1 unspecified atom stereocenters. The van der Waals surface area contributed by atoms with Crippen molar-refractivity contribution in [2.45, 2.75) is 38.9 Å². The number of hydrogen-bond acceptors (Lipinski definition) is 5. The Morgan fingerprint density at radius 1 is 1.29 bits per heavy atom. The van der Waals surface area contributed by atoms with Crippen molar-refractivity contribution >= 4 is 58.0 Å². The summed E-state index contributed by atoms with van der Waals surface area (Å²) < 4.78 is 18.9. The van der Waals surface area contributed by atoms with E-state index in [0.29, 0.717) is 11.9 Å². The van der Waals surface area contributed by atoms with Crippen LogP contribution in [-0.4, -0.2) is 41.0 Å². The lowest BCUT2D eigenvalue weighted by Crippen LogP contribution is -2.41. The fourth-order valence-electron chi connectivity index (χ4n) is 2.58. The quantitative estimate of drug-likeness (QED) is 0.305. The van der Waals surface area contributed by atoms with E-state index in [2.05, 4.69) is 27.1 Å². The number of halogens is 1. The molecule has 0 spiro atoms. The van der Waals surface area contributed by atoms with Crippen LogP contribution >= 0.6 is 28.4 Å². The molecule has 1 saturated heterocycles. The molecule has 128 valence electrons. The van der Waals surface area contributed by atoms with Gasteiger partial charge in [0.1, 0.15) is 5.59 Å². The standard InChI is InChI=1S/C15H19BIN2O4P/c1-14(2)15(3,4)23-16(22-14)12-10-7-6-9(13(20)21-5)8-11(10)19(18-12)24-17/h6-8,24H,1-5H3. The van der Waals surface area contributed by atoms with Crippen LogP contribution in [-0.2, 0) is 14.0 Å². The molecule has 0 radical (unpaired) electrons.